The highest BCUT2D eigenvalue weighted by Crippen LogP contribution is 2.21. The standard InChI is InChI=1S/C20H18FNO2/c1-24-19-9-6-16-10-15(2-5-17(16)12-19)13-22-20(23)11-14-3-7-18(21)8-4-14/h2-10,12H,11,13H2,1H3,(H,22,23). The van der Waals surface area contributed by atoms with Gasteiger partial charge < -0.3 is 10.1 Å². The van der Waals surface area contributed by atoms with Crippen molar-refractivity contribution in [1.29, 1.82) is 0 Å². The first-order valence-electron chi connectivity index (χ1n) is 7.72. The molecule has 0 atom stereocenters. The maximum Gasteiger partial charge on any atom is 0.224 e. The third-order valence-corrected chi connectivity index (χ3v) is 3.88. The van der Waals surface area contributed by atoms with E-state index < -0.39 is 0 Å². The molecule has 1 amide bonds. The number of ether oxygens (including phenoxy) is 1. The van der Waals surface area contributed by atoms with E-state index >= 15 is 0 Å². The van der Waals surface area contributed by atoms with Crippen molar-refractivity contribution in [2.45, 2.75) is 13.0 Å². The molecule has 0 fully saturated rings. The molecule has 0 saturated heterocycles. The van der Waals surface area contributed by atoms with Crippen molar-refractivity contribution >= 4 is 16.7 Å². The van der Waals surface area contributed by atoms with Gasteiger partial charge in [-0.2, -0.15) is 0 Å². The van der Waals surface area contributed by atoms with Crippen molar-refractivity contribution in [3.63, 3.8) is 0 Å². The molecule has 3 rings (SSSR count). The molecule has 4 heteroatoms. The number of rotatable bonds is 5. The van der Waals surface area contributed by atoms with Gasteiger partial charge in [0.2, 0.25) is 5.91 Å². The summed E-state index contributed by atoms with van der Waals surface area (Å²) in [6.07, 6.45) is 0.241. The third-order valence-electron chi connectivity index (χ3n) is 3.88. The molecule has 0 radical (unpaired) electrons. The minimum atomic E-state index is -0.299. The van der Waals surface area contributed by atoms with E-state index in [0.717, 1.165) is 27.6 Å². The lowest BCUT2D eigenvalue weighted by Crippen LogP contribution is -2.24. The van der Waals surface area contributed by atoms with Crippen molar-refractivity contribution in [3.05, 3.63) is 77.6 Å². The van der Waals surface area contributed by atoms with Gasteiger partial charge in [0.05, 0.1) is 13.5 Å². The zero-order valence-corrected chi connectivity index (χ0v) is 13.4. The Morgan fingerprint density at radius 1 is 0.958 bits per heavy atom. The molecular weight excluding hydrogens is 305 g/mol. The first-order chi connectivity index (χ1) is 11.6. The Labute approximate surface area is 140 Å². The van der Waals surface area contributed by atoms with E-state index in [-0.39, 0.29) is 18.1 Å². The topological polar surface area (TPSA) is 38.3 Å². The van der Waals surface area contributed by atoms with Gasteiger partial charge >= 0.3 is 0 Å². The summed E-state index contributed by atoms with van der Waals surface area (Å²) in [5, 5.41) is 5.08. The number of halogens is 1. The highest BCUT2D eigenvalue weighted by Gasteiger charge is 2.04. The highest BCUT2D eigenvalue weighted by molar-refractivity contribution is 5.84. The maximum absolute atomic E-state index is 12.9. The fraction of sp³-hybridized carbons (Fsp3) is 0.150. The Bertz CT molecular complexity index is 859. The van der Waals surface area contributed by atoms with Gasteiger partial charge in [-0.1, -0.05) is 30.3 Å². The third kappa shape index (κ3) is 3.90. The van der Waals surface area contributed by atoms with Gasteiger partial charge in [-0.05, 0) is 52.2 Å². The van der Waals surface area contributed by atoms with E-state index in [1.807, 2.05) is 36.4 Å². The predicted octanol–water partition coefficient (Wildman–Crippen LogP) is 3.85. The fourth-order valence-corrected chi connectivity index (χ4v) is 2.56. The summed E-state index contributed by atoms with van der Waals surface area (Å²) < 4.78 is 18.1. The second kappa shape index (κ2) is 7.13. The smallest absolute Gasteiger partial charge is 0.224 e. The van der Waals surface area contributed by atoms with E-state index in [2.05, 4.69) is 5.32 Å². The van der Waals surface area contributed by atoms with E-state index in [1.165, 1.54) is 12.1 Å². The zero-order chi connectivity index (χ0) is 16.9. The summed E-state index contributed by atoms with van der Waals surface area (Å²) in [7, 11) is 1.65. The van der Waals surface area contributed by atoms with Crippen LogP contribution in [0, 0.1) is 5.82 Å². The summed E-state index contributed by atoms with van der Waals surface area (Å²) in [6.45, 7) is 0.460. The van der Waals surface area contributed by atoms with Crippen molar-refractivity contribution in [3.8, 4) is 5.75 Å². The van der Waals surface area contributed by atoms with E-state index in [1.54, 1.807) is 19.2 Å². The number of carbonyl (C=O) groups is 1. The van der Waals surface area contributed by atoms with E-state index in [0.29, 0.717) is 6.54 Å². The molecular formula is C20H18FNO2. The first-order valence-corrected chi connectivity index (χ1v) is 7.72. The van der Waals surface area contributed by atoms with Gasteiger partial charge in [-0.3, -0.25) is 4.79 Å². The molecule has 0 unspecified atom stereocenters. The fourth-order valence-electron chi connectivity index (χ4n) is 2.56. The van der Waals surface area contributed by atoms with Crippen LogP contribution in [-0.2, 0) is 17.8 Å². The van der Waals surface area contributed by atoms with Gasteiger partial charge in [0.25, 0.3) is 0 Å². The normalized spacial score (nSPS) is 10.6. The first kappa shape index (κ1) is 16.0. The summed E-state index contributed by atoms with van der Waals surface area (Å²) in [4.78, 5) is 12.0. The largest absolute Gasteiger partial charge is 0.497 e. The summed E-state index contributed by atoms with van der Waals surface area (Å²) in [5.41, 5.74) is 1.82. The van der Waals surface area contributed by atoms with Crippen LogP contribution in [0.2, 0.25) is 0 Å². The van der Waals surface area contributed by atoms with Crippen molar-refractivity contribution < 1.29 is 13.9 Å². The number of hydrogen-bond acceptors (Lipinski definition) is 2. The number of benzene rings is 3. The lowest BCUT2D eigenvalue weighted by atomic mass is 10.1. The monoisotopic (exact) mass is 323 g/mol. The van der Waals surface area contributed by atoms with Crippen LogP contribution in [-0.4, -0.2) is 13.0 Å². The van der Waals surface area contributed by atoms with Crippen LogP contribution in [0.3, 0.4) is 0 Å². The minimum Gasteiger partial charge on any atom is -0.497 e. The number of methoxy groups -OCH3 is 1. The van der Waals surface area contributed by atoms with Gasteiger partial charge in [-0.25, -0.2) is 4.39 Å². The molecule has 122 valence electrons. The average molecular weight is 323 g/mol. The van der Waals surface area contributed by atoms with Crippen molar-refractivity contribution in [2.24, 2.45) is 0 Å². The predicted molar refractivity (Wildman–Crippen MR) is 92.5 cm³/mol. The number of fused-ring (bicyclic) bond motifs is 1. The molecule has 3 aromatic rings. The molecule has 3 nitrogen and oxygen atoms in total. The Balaban J connectivity index is 1.62. The molecule has 24 heavy (non-hydrogen) atoms. The average Bonchev–Trinajstić information content (AvgIpc) is 2.61. The molecule has 1 N–H and O–H groups in total. The van der Waals surface area contributed by atoms with Crippen LogP contribution < -0.4 is 10.1 Å². The molecule has 0 aliphatic heterocycles. The van der Waals surface area contributed by atoms with Gasteiger partial charge in [-0.15, -0.1) is 0 Å². The van der Waals surface area contributed by atoms with Crippen molar-refractivity contribution in [2.75, 3.05) is 7.11 Å². The van der Waals surface area contributed by atoms with Crippen LogP contribution in [0.25, 0.3) is 10.8 Å². The number of amides is 1. The van der Waals surface area contributed by atoms with Gasteiger partial charge in [0.15, 0.2) is 0 Å². The Morgan fingerprint density at radius 2 is 1.62 bits per heavy atom. The maximum atomic E-state index is 12.9. The van der Waals surface area contributed by atoms with Crippen LogP contribution in [0.1, 0.15) is 11.1 Å². The Hall–Kier alpha value is -2.88. The van der Waals surface area contributed by atoms with Gasteiger partial charge in [0.1, 0.15) is 11.6 Å². The minimum absolute atomic E-state index is 0.0866. The molecule has 0 aliphatic rings. The molecule has 0 aliphatic carbocycles. The lowest BCUT2D eigenvalue weighted by molar-refractivity contribution is -0.120. The Morgan fingerprint density at radius 3 is 2.38 bits per heavy atom. The quantitative estimate of drug-likeness (QED) is 0.774. The molecule has 3 aromatic carbocycles. The second-order valence-electron chi connectivity index (χ2n) is 5.63. The highest BCUT2D eigenvalue weighted by atomic mass is 19.1. The summed E-state index contributed by atoms with van der Waals surface area (Å²) in [6, 6.07) is 17.9. The summed E-state index contributed by atoms with van der Waals surface area (Å²) >= 11 is 0. The van der Waals surface area contributed by atoms with Crippen LogP contribution in [0.5, 0.6) is 5.75 Å². The molecule has 0 aromatic heterocycles. The van der Waals surface area contributed by atoms with Gasteiger partial charge in [0, 0.05) is 6.54 Å². The zero-order valence-electron chi connectivity index (χ0n) is 13.4. The van der Waals surface area contributed by atoms with Crippen LogP contribution >= 0.6 is 0 Å². The second-order valence-corrected chi connectivity index (χ2v) is 5.63. The molecule has 0 bridgehead atoms. The number of hydrogen-bond donors (Lipinski definition) is 1. The molecule has 0 heterocycles. The van der Waals surface area contributed by atoms with Crippen molar-refractivity contribution in [1.82, 2.24) is 5.32 Å². The molecule has 0 spiro atoms. The number of carbonyl (C=O) groups excluding carboxylic acids is 1. The number of nitrogens with one attached hydrogen (secondary N) is 1. The SMILES string of the molecule is COc1ccc2cc(CNC(=O)Cc3ccc(F)cc3)ccc2c1. The van der Waals surface area contributed by atoms with E-state index in [4.69, 9.17) is 4.74 Å². The van der Waals surface area contributed by atoms with Crippen LogP contribution in [0.15, 0.2) is 60.7 Å². The Kier molecular flexibility index (Phi) is 4.75. The van der Waals surface area contributed by atoms with E-state index in [9.17, 15) is 9.18 Å². The van der Waals surface area contributed by atoms with Crippen LogP contribution in [0.4, 0.5) is 4.39 Å². The molecule has 0 saturated carbocycles. The lowest BCUT2D eigenvalue weighted by Gasteiger charge is -2.08. The summed E-state index contributed by atoms with van der Waals surface area (Å²) in [5.74, 6) is 0.436.